The molecule has 1 aliphatic rings. The number of nitrogens with zero attached hydrogens (tertiary/aromatic N) is 6. The summed E-state index contributed by atoms with van der Waals surface area (Å²) in [5, 5.41) is 8.48. The van der Waals surface area contributed by atoms with E-state index in [2.05, 4.69) is 15.2 Å². The van der Waals surface area contributed by atoms with Gasteiger partial charge in [-0.2, -0.15) is 9.90 Å². The first-order chi connectivity index (χ1) is 13.7. The van der Waals surface area contributed by atoms with Crippen molar-refractivity contribution in [1.29, 1.82) is 0 Å². The molecule has 0 bridgehead atoms. The van der Waals surface area contributed by atoms with Crippen LogP contribution < -0.4 is 5.56 Å². The molecule has 1 amide bonds. The second-order valence-electron chi connectivity index (χ2n) is 6.60. The molecule has 4 aromatic rings. The molecular weight excluding hydrogens is 356 g/mol. The Kier molecular flexibility index (Phi) is 3.75. The highest BCUT2D eigenvalue weighted by Crippen LogP contribution is 2.17. The predicted octanol–water partition coefficient (Wildman–Crippen LogP) is 1.47. The van der Waals surface area contributed by atoms with Crippen molar-refractivity contribution < 1.29 is 4.79 Å². The number of rotatable bonds is 2. The van der Waals surface area contributed by atoms with Crippen molar-refractivity contribution in [3.63, 3.8) is 0 Å². The Bertz CT molecular complexity index is 1240. The molecule has 0 fully saturated rings. The third kappa shape index (κ3) is 2.66. The van der Waals surface area contributed by atoms with E-state index >= 15 is 0 Å². The Labute approximate surface area is 159 Å². The standard InChI is InChI=1S/C20H16N6O2/c27-19-15-13-24(11-9-16(15)22-18-8-4-5-10-25(18)19)20(28)17-12-21-26(23-17)14-6-2-1-3-7-14/h1-8,10,12H,9,11,13H2. The fourth-order valence-corrected chi connectivity index (χ4v) is 3.43. The van der Waals surface area contributed by atoms with Crippen molar-refractivity contribution >= 4 is 11.6 Å². The first kappa shape index (κ1) is 16.4. The van der Waals surface area contributed by atoms with Crippen molar-refractivity contribution in [3.8, 4) is 5.69 Å². The van der Waals surface area contributed by atoms with Crippen LogP contribution in [0.15, 0.2) is 65.7 Å². The summed E-state index contributed by atoms with van der Waals surface area (Å²) >= 11 is 0. The van der Waals surface area contributed by atoms with E-state index in [4.69, 9.17) is 0 Å². The van der Waals surface area contributed by atoms with Gasteiger partial charge in [-0.15, -0.1) is 5.10 Å². The van der Waals surface area contributed by atoms with Crippen LogP contribution in [0.25, 0.3) is 11.3 Å². The Morgan fingerprint density at radius 3 is 2.71 bits per heavy atom. The van der Waals surface area contributed by atoms with Crippen molar-refractivity contribution in [2.24, 2.45) is 0 Å². The molecule has 28 heavy (non-hydrogen) atoms. The van der Waals surface area contributed by atoms with E-state index in [1.54, 1.807) is 23.2 Å². The normalized spacial score (nSPS) is 13.5. The van der Waals surface area contributed by atoms with E-state index in [-0.39, 0.29) is 23.7 Å². The number of aromatic nitrogens is 5. The number of carbonyl (C=O) groups excluding carboxylic acids is 1. The Morgan fingerprint density at radius 2 is 1.86 bits per heavy atom. The fraction of sp³-hybridized carbons (Fsp3) is 0.150. The zero-order chi connectivity index (χ0) is 19.1. The monoisotopic (exact) mass is 372 g/mol. The average molecular weight is 372 g/mol. The molecule has 8 heteroatoms. The molecule has 1 aliphatic heterocycles. The van der Waals surface area contributed by atoms with E-state index < -0.39 is 0 Å². The molecule has 0 saturated heterocycles. The van der Waals surface area contributed by atoms with Crippen LogP contribution in [0.4, 0.5) is 0 Å². The summed E-state index contributed by atoms with van der Waals surface area (Å²) in [6.45, 7) is 0.704. The van der Waals surface area contributed by atoms with E-state index in [9.17, 15) is 9.59 Å². The van der Waals surface area contributed by atoms with Gasteiger partial charge in [-0.3, -0.25) is 14.0 Å². The summed E-state index contributed by atoms with van der Waals surface area (Å²) in [5.41, 5.74) is 2.83. The van der Waals surface area contributed by atoms with Crippen LogP contribution in [0, 0.1) is 0 Å². The second-order valence-corrected chi connectivity index (χ2v) is 6.60. The van der Waals surface area contributed by atoms with E-state index in [1.807, 2.05) is 36.4 Å². The quantitative estimate of drug-likeness (QED) is 0.532. The molecule has 4 heterocycles. The first-order valence-electron chi connectivity index (χ1n) is 8.97. The van der Waals surface area contributed by atoms with Gasteiger partial charge in [-0.25, -0.2) is 4.98 Å². The van der Waals surface area contributed by atoms with Crippen molar-refractivity contribution in [1.82, 2.24) is 29.3 Å². The third-order valence-electron chi connectivity index (χ3n) is 4.87. The van der Waals surface area contributed by atoms with E-state index in [1.165, 1.54) is 15.4 Å². The molecule has 0 saturated carbocycles. The third-order valence-corrected chi connectivity index (χ3v) is 4.87. The number of hydrogen-bond acceptors (Lipinski definition) is 5. The van der Waals surface area contributed by atoms with Crippen molar-refractivity contribution in [2.75, 3.05) is 6.54 Å². The number of fused-ring (bicyclic) bond motifs is 2. The lowest BCUT2D eigenvalue weighted by molar-refractivity contribution is 0.0726. The molecule has 0 spiro atoms. The van der Waals surface area contributed by atoms with Gasteiger partial charge in [-0.05, 0) is 24.3 Å². The van der Waals surface area contributed by atoms with Gasteiger partial charge in [0.1, 0.15) is 5.65 Å². The van der Waals surface area contributed by atoms with Crippen LogP contribution in [0.2, 0.25) is 0 Å². The maximum Gasteiger partial charge on any atom is 0.276 e. The topological polar surface area (TPSA) is 85.4 Å². The largest absolute Gasteiger partial charge is 0.332 e. The minimum atomic E-state index is -0.245. The summed E-state index contributed by atoms with van der Waals surface area (Å²) in [7, 11) is 0. The molecule has 0 aliphatic carbocycles. The van der Waals surface area contributed by atoms with Crippen LogP contribution in [0.3, 0.4) is 0 Å². The highest BCUT2D eigenvalue weighted by Gasteiger charge is 2.27. The van der Waals surface area contributed by atoms with Gasteiger partial charge in [0.15, 0.2) is 5.69 Å². The number of benzene rings is 1. The lowest BCUT2D eigenvalue weighted by atomic mass is 10.1. The number of pyridine rings is 1. The van der Waals surface area contributed by atoms with Gasteiger partial charge >= 0.3 is 0 Å². The lowest BCUT2D eigenvalue weighted by Crippen LogP contribution is -2.40. The van der Waals surface area contributed by atoms with Gasteiger partial charge in [0.25, 0.3) is 11.5 Å². The van der Waals surface area contributed by atoms with E-state index in [0.717, 1.165) is 11.4 Å². The van der Waals surface area contributed by atoms with Gasteiger partial charge in [0, 0.05) is 19.2 Å². The average Bonchev–Trinajstić information content (AvgIpc) is 3.24. The highest BCUT2D eigenvalue weighted by atomic mass is 16.2. The van der Waals surface area contributed by atoms with Gasteiger partial charge < -0.3 is 4.90 Å². The molecule has 3 aromatic heterocycles. The van der Waals surface area contributed by atoms with Gasteiger partial charge in [-0.1, -0.05) is 24.3 Å². The molecule has 0 atom stereocenters. The molecule has 1 aromatic carbocycles. The summed E-state index contributed by atoms with van der Waals surface area (Å²) in [6, 6.07) is 14.8. The van der Waals surface area contributed by atoms with Gasteiger partial charge in [0.05, 0.1) is 29.7 Å². The first-order valence-corrected chi connectivity index (χ1v) is 8.97. The summed E-state index contributed by atoms with van der Waals surface area (Å²) < 4.78 is 1.51. The van der Waals surface area contributed by atoms with Crippen LogP contribution in [0.1, 0.15) is 21.7 Å². The fourth-order valence-electron chi connectivity index (χ4n) is 3.43. The number of para-hydroxylation sites is 1. The molecule has 0 N–H and O–H groups in total. The van der Waals surface area contributed by atoms with Crippen LogP contribution in [-0.4, -0.2) is 41.7 Å². The predicted molar refractivity (Wildman–Crippen MR) is 101 cm³/mol. The minimum absolute atomic E-state index is 0.133. The second kappa shape index (κ2) is 6.41. The zero-order valence-corrected chi connectivity index (χ0v) is 14.9. The molecule has 5 rings (SSSR count). The maximum atomic E-state index is 12.9. The summed E-state index contributed by atoms with van der Waals surface area (Å²) in [4.78, 5) is 33.4. The number of amides is 1. The number of carbonyl (C=O) groups is 1. The van der Waals surface area contributed by atoms with E-state index in [0.29, 0.717) is 24.2 Å². The summed E-state index contributed by atoms with van der Waals surface area (Å²) in [6.07, 6.45) is 3.68. The molecular formula is C20H16N6O2. The summed E-state index contributed by atoms with van der Waals surface area (Å²) in [5.74, 6) is -0.245. The van der Waals surface area contributed by atoms with Crippen molar-refractivity contribution in [2.45, 2.75) is 13.0 Å². The smallest absolute Gasteiger partial charge is 0.276 e. The van der Waals surface area contributed by atoms with Crippen LogP contribution in [0.5, 0.6) is 0 Å². The molecule has 0 radical (unpaired) electrons. The van der Waals surface area contributed by atoms with Crippen molar-refractivity contribution in [3.05, 3.63) is 88.2 Å². The Morgan fingerprint density at radius 1 is 1.04 bits per heavy atom. The van der Waals surface area contributed by atoms with Crippen LogP contribution >= 0.6 is 0 Å². The minimum Gasteiger partial charge on any atom is -0.332 e. The number of hydrogen-bond donors (Lipinski definition) is 0. The highest BCUT2D eigenvalue weighted by molar-refractivity contribution is 5.92. The van der Waals surface area contributed by atoms with Crippen LogP contribution in [-0.2, 0) is 13.0 Å². The Balaban J connectivity index is 1.45. The molecule has 8 nitrogen and oxygen atoms in total. The van der Waals surface area contributed by atoms with Gasteiger partial charge in [0.2, 0.25) is 0 Å². The molecule has 138 valence electrons. The SMILES string of the molecule is O=C(c1cnn(-c2ccccc2)n1)N1CCc2nc3ccccn3c(=O)c2C1. The lowest BCUT2D eigenvalue weighted by Gasteiger charge is -2.27. The maximum absolute atomic E-state index is 12.9. The Hall–Kier alpha value is -3.81. The zero-order valence-electron chi connectivity index (χ0n) is 14.9. The molecule has 0 unspecified atom stereocenters.